The molecule has 4 amide bonds. The van der Waals surface area contributed by atoms with E-state index < -0.39 is 56.3 Å². The molecule has 2 N–H and O–H groups in total. The van der Waals surface area contributed by atoms with E-state index in [2.05, 4.69) is 9.68 Å². The lowest BCUT2D eigenvalue weighted by atomic mass is 9.66. The maximum atomic E-state index is 15.4. The number of benzene rings is 3. The average Bonchev–Trinajstić information content (AvgIpc) is 3.15. The Bertz CT molecular complexity index is 2060. The van der Waals surface area contributed by atoms with Gasteiger partial charge >= 0.3 is 12.0 Å². The third kappa shape index (κ3) is 9.67. The number of morpholine rings is 1. The van der Waals surface area contributed by atoms with E-state index in [4.69, 9.17) is 32.7 Å². The van der Waals surface area contributed by atoms with Crippen LogP contribution in [0.2, 0.25) is 10.0 Å². The van der Waals surface area contributed by atoms with Gasteiger partial charge in [0.15, 0.2) is 0 Å². The molecule has 15 heteroatoms. The van der Waals surface area contributed by atoms with Gasteiger partial charge in [-0.05, 0) is 59.9 Å². The highest BCUT2D eigenvalue weighted by Gasteiger charge is 2.53. The van der Waals surface area contributed by atoms with Crippen LogP contribution < -0.4 is 10.1 Å². The van der Waals surface area contributed by atoms with Crippen LogP contribution in [0.25, 0.3) is 0 Å². The van der Waals surface area contributed by atoms with Gasteiger partial charge in [0, 0.05) is 58.5 Å². The highest BCUT2D eigenvalue weighted by molar-refractivity contribution is 7.94. The average molecular weight is 830 g/mol. The van der Waals surface area contributed by atoms with E-state index >= 15 is 9.00 Å². The van der Waals surface area contributed by atoms with Crippen LogP contribution in [0.15, 0.2) is 71.1 Å². The fourth-order valence-electron chi connectivity index (χ4n) is 7.53. The fourth-order valence-corrected chi connectivity index (χ4v) is 9.94. The molecule has 0 radical (unpaired) electrons. The number of carboxylic acids is 1. The first-order valence-electron chi connectivity index (χ1n) is 18.6. The van der Waals surface area contributed by atoms with Gasteiger partial charge in [-0.1, -0.05) is 82.1 Å². The number of anilines is 1. The van der Waals surface area contributed by atoms with Crippen molar-refractivity contribution in [2.24, 2.45) is 15.7 Å². The molecule has 2 aliphatic rings. The minimum atomic E-state index is -3.27. The van der Waals surface area contributed by atoms with E-state index in [-0.39, 0.29) is 41.7 Å². The number of rotatable bonds is 12. The lowest BCUT2D eigenvalue weighted by Gasteiger charge is -2.53. The van der Waals surface area contributed by atoms with Crippen molar-refractivity contribution < 1.29 is 38.0 Å². The van der Waals surface area contributed by atoms with Crippen LogP contribution in [0.3, 0.4) is 0 Å². The van der Waals surface area contributed by atoms with Crippen LogP contribution in [0.4, 0.5) is 10.5 Å². The Morgan fingerprint density at radius 3 is 2.27 bits per heavy atom. The molecular formula is C41H50Cl2N4O8S. The van der Waals surface area contributed by atoms with Crippen LogP contribution >= 0.6 is 23.2 Å². The number of ether oxygens (including phenoxy) is 2. The number of carbonyl (C=O) groups is 4. The Morgan fingerprint density at radius 1 is 1.00 bits per heavy atom. The van der Waals surface area contributed by atoms with Crippen molar-refractivity contribution in [3.63, 3.8) is 0 Å². The van der Waals surface area contributed by atoms with E-state index in [9.17, 15) is 19.5 Å². The summed E-state index contributed by atoms with van der Waals surface area (Å²) >= 11 is 13.0. The summed E-state index contributed by atoms with van der Waals surface area (Å²) < 4.78 is 30.1. The lowest BCUT2D eigenvalue weighted by Crippen LogP contribution is -2.59. The molecule has 2 aliphatic heterocycles. The predicted molar refractivity (Wildman–Crippen MR) is 218 cm³/mol. The molecule has 2 saturated heterocycles. The number of nitrogens with one attached hydrogen (secondary N) is 1. The number of likely N-dealkylation sites (tertiary alicyclic amines) is 1. The third-order valence-corrected chi connectivity index (χ3v) is 13.9. The number of carbonyl (C=O) groups excluding carboxylic acids is 3. The van der Waals surface area contributed by atoms with Crippen LogP contribution in [-0.4, -0.2) is 93.4 Å². The van der Waals surface area contributed by atoms with Gasteiger partial charge in [0.05, 0.1) is 47.3 Å². The van der Waals surface area contributed by atoms with E-state index in [1.807, 2.05) is 44.2 Å². The number of hydrogen-bond donors (Lipinski definition) is 2. The van der Waals surface area contributed by atoms with Crippen molar-refractivity contribution in [3.05, 3.63) is 93.5 Å². The van der Waals surface area contributed by atoms with Crippen molar-refractivity contribution in [2.45, 2.75) is 70.7 Å². The molecule has 0 aromatic heterocycles. The summed E-state index contributed by atoms with van der Waals surface area (Å²) in [6.07, 6.45) is 0.00885. The summed E-state index contributed by atoms with van der Waals surface area (Å²) in [6.45, 7) is 10.6. The SMILES string of the molecule is COc1cc(NC(=O)C[C@@]2(C)C[C@H](c3cccc(Cl)c3)[C@@H](c3ccc(Cl)cc3)N(C(CS(=O)(=NC(=O)N3CCOCC3)C(C)C)C(C)C)C2=O)ccc1C(=O)O. The van der Waals surface area contributed by atoms with Gasteiger partial charge in [-0.25, -0.2) is 13.8 Å². The Balaban J connectivity index is 1.63. The molecule has 56 heavy (non-hydrogen) atoms. The largest absolute Gasteiger partial charge is 0.496 e. The molecular weight excluding hydrogens is 779 g/mol. The number of aromatic carboxylic acids is 1. The summed E-state index contributed by atoms with van der Waals surface area (Å²) in [7, 11) is -1.93. The number of carboxylic acid groups (broad SMARTS) is 1. The lowest BCUT2D eigenvalue weighted by molar-refractivity contribution is -0.157. The van der Waals surface area contributed by atoms with E-state index in [0.717, 1.165) is 11.1 Å². The van der Waals surface area contributed by atoms with Crippen LogP contribution in [0.1, 0.15) is 80.9 Å². The first-order valence-corrected chi connectivity index (χ1v) is 21.1. The third-order valence-electron chi connectivity index (χ3n) is 10.6. The smallest absolute Gasteiger partial charge is 0.351 e. The Labute approximate surface area is 339 Å². The highest BCUT2D eigenvalue weighted by Crippen LogP contribution is 2.53. The van der Waals surface area contributed by atoms with E-state index in [1.165, 1.54) is 30.2 Å². The summed E-state index contributed by atoms with van der Waals surface area (Å²) in [5.74, 6) is -2.66. The van der Waals surface area contributed by atoms with E-state index in [0.29, 0.717) is 42.0 Å². The van der Waals surface area contributed by atoms with Gasteiger partial charge in [0.25, 0.3) is 0 Å². The number of urea groups is 1. The quantitative estimate of drug-likeness (QED) is 0.186. The monoisotopic (exact) mass is 828 g/mol. The molecule has 0 bridgehead atoms. The highest BCUT2D eigenvalue weighted by atomic mass is 35.5. The van der Waals surface area contributed by atoms with Gasteiger partial charge < -0.3 is 29.7 Å². The van der Waals surface area contributed by atoms with Crippen molar-refractivity contribution in [1.82, 2.24) is 9.80 Å². The maximum Gasteiger partial charge on any atom is 0.351 e. The molecule has 3 aromatic carbocycles. The number of hydrogen-bond acceptors (Lipinski definition) is 7. The van der Waals surface area contributed by atoms with Crippen LogP contribution in [0, 0.1) is 11.3 Å². The Hall–Kier alpha value is -4.17. The van der Waals surface area contributed by atoms with Gasteiger partial charge in [-0.15, -0.1) is 4.36 Å². The molecule has 5 rings (SSSR count). The molecule has 12 nitrogen and oxygen atoms in total. The zero-order valence-corrected chi connectivity index (χ0v) is 34.8. The van der Waals surface area contributed by atoms with E-state index in [1.54, 1.807) is 43.9 Å². The first kappa shape index (κ1) is 43.0. The molecule has 2 heterocycles. The standard InChI is InChI=1S/C41H50Cl2N4O8S/c1-25(2)34(24-56(53,26(3)4)45-40(52)46-16-18-55-19-17-46)47-37(27-10-12-29(42)13-11-27)33(28-8-7-9-30(43)20-28)22-41(5,39(47)51)23-36(48)44-31-14-15-32(38(49)50)35(21-31)54-6/h7-15,20-21,25-26,33-34,37H,16-19,22-24H2,1-6H3,(H,44,48)(H,49,50)/t33-,34?,37-,41-,56?/m1/s1. The maximum absolute atomic E-state index is 15.4. The molecule has 2 fully saturated rings. The molecule has 3 aromatic rings. The van der Waals surface area contributed by atoms with Crippen molar-refractivity contribution in [1.29, 1.82) is 0 Å². The van der Waals surface area contributed by atoms with Gasteiger partial charge in [-0.2, -0.15) is 0 Å². The predicted octanol–water partition coefficient (Wildman–Crippen LogP) is 8.15. The molecule has 2 unspecified atom stereocenters. The summed E-state index contributed by atoms with van der Waals surface area (Å²) in [5.41, 5.74) is 0.568. The van der Waals surface area contributed by atoms with Crippen LogP contribution in [-0.2, 0) is 24.1 Å². The number of piperidine rings is 1. The van der Waals surface area contributed by atoms with Gasteiger partial charge in [-0.3, -0.25) is 9.59 Å². The van der Waals surface area contributed by atoms with Gasteiger partial charge in [0.2, 0.25) is 11.8 Å². The van der Waals surface area contributed by atoms with Crippen molar-refractivity contribution in [3.8, 4) is 5.75 Å². The normalized spacial score (nSPS) is 21.7. The summed E-state index contributed by atoms with van der Waals surface area (Å²) in [6, 6.07) is 17.0. The minimum Gasteiger partial charge on any atom is -0.496 e. The second-order valence-electron chi connectivity index (χ2n) is 15.3. The van der Waals surface area contributed by atoms with Crippen LogP contribution in [0.5, 0.6) is 5.75 Å². The van der Waals surface area contributed by atoms with Crippen molar-refractivity contribution in [2.75, 3.05) is 44.5 Å². The fraction of sp³-hybridized carbons (Fsp3) is 0.463. The second-order valence-corrected chi connectivity index (χ2v) is 19.0. The number of nitrogens with zero attached hydrogens (tertiary/aromatic N) is 3. The number of amides is 4. The topological polar surface area (TPSA) is 155 Å². The molecule has 0 aliphatic carbocycles. The summed E-state index contributed by atoms with van der Waals surface area (Å²) in [5, 5.41) is 12.9. The first-order chi connectivity index (χ1) is 26.5. The van der Waals surface area contributed by atoms with Crippen molar-refractivity contribution >= 4 is 62.4 Å². The number of methoxy groups -OCH3 is 1. The Morgan fingerprint density at radius 2 is 1.68 bits per heavy atom. The summed E-state index contributed by atoms with van der Waals surface area (Å²) in [4.78, 5) is 57.9. The molecule has 0 spiro atoms. The second kappa shape index (κ2) is 18.0. The zero-order chi connectivity index (χ0) is 40.9. The number of halogens is 2. The molecule has 0 saturated carbocycles. The minimum absolute atomic E-state index is 0.0655. The Kier molecular flexibility index (Phi) is 13.8. The molecule has 302 valence electrons. The van der Waals surface area contributed by atoms with Gasteiger partial charge in [0.1, 0.15) is 11.3 Å². The zero-order valence-electron chi connectivity index (χ0n) is 32.5. The molecule has 5 atom stereocenters.